The molecule has 11 nitrogen and oxygen atoms in total. The standard InChI is InChI=1S/C44H49ClN4O7/c1-29-33(8-5-9-37(29)38-10-6-12-41(30(38)2)54-15-7-14-49-35-25-52-27-36(49)28-53-26-35)24-56-43-18-42(55-23-32-16-31(19-46)20-47-21-32)34(17-39(43)45)22-48-13-4-3-11-40(48)44(50)51/h5-6,8-10,12,16-18,20-21,35-36,40H,3-4,7,11,13-15,22-28H2,1-2H3,(H,50,51)/t35-,36+,40-/m0/s1. The number of carbonyl (C=O) groups is 1. The van der Waals surface area contributed by atoms with Gasteiger partial charge in [0, 0.05) is 42.7 Å². The van der Waals surface area contributed by atoms with E-state index in [1.54, 1.807) is 18.3 Å². The Morgan fingerprint density at radius 3 is 2.38 bits per heavy atom. The third-order valence-electron chi connectivity index (χ3n) is 11.1. The molecular weight excluding hydrogens is 732 g/mol. The normalized spacial score (nSPS) is 19.9. The molecule has 0 radical (unpaired) electrons. The number of hydrogen-bond donors (Lipinski definition) is 1. The Kier molecular flexibility index (Phi) is 13.1. The lowest BCUT2D eigenvalue weighted by Gasteiger charge is -2.45. The second-order valence-electron chi connectivity index (χ2n) is 14.8. The summed E-state index contributed by atoms with van der Waals surface area (Å²) in [4.78, 5) is 20.7. The maximum absolute atomic E-state index is 12.1. The SMILES string of the molecule is Cc1c(COc2cc(OCc3cncc(C#N)c3)c(CN3CCCC[C@H]3C(=O)O)cc2Cl)cccc1-c1cccc(OCCCN2[C@H]3COC[C@@H]2COC3)c1C. The van der Waals surface area contributed by atoms with Crippen molar-refractivity contribution in [2.45, 2.75) is 77.4 Å². The molecule has 3 saturated heterocycles. The molecule has 1 atom stereocenters. The van der Waals surface area contributed by atoms with Crippen LogP contribution in [0.4, 0.5) is 0 Å². The van der Waals surface area contributed by atoms with Gasteiger partial charge in [0.15, 0.2) is 0 Å². The minimum Gasteiger partial charge on any atom is -0.493 e. The first kappa shape index (κ1) is 39.5. The number of halogens is 1. The van der Waals surface area contributed by atoms with Gasteiger partial charge in [-0.25, -0.2) is 0 Å². The van der Waals surface area contributed by atoms with E-state index >= 15 is 0 Å². The average molecular weight is 781 g/mol. The highest BCUT2D eigenvalue weighted by Gasteiger charge is 2.35. The van der Waals surface area contributed by atoms with Crippen LogP contribution in [0.3, 0.4) is 0 Å². The fraction of sp³-hybridized carbons (Fsp3) is 0.432. The minimum absolute atomic E-state index is 0.159. The van der Waals surface area contributed by atoms with Gasteiger partial charge in [0.05, 0.1) is 55.7 Å². The van der Waals surface area contributed by atoms with Crippen LogP contribution in [-0.2, 0) is 34.0 Å². The summed E-state index contributed by atoms with van der Waals surface area (Å²) in [6.45, 7) is 10.1. The topological polar surface area (TPSA) is 127 Å². The van der Waals surface area contributed by atoms with Gasteiger partial charge in [-0.15, -0.1) is 0 Å². The molecule has 56 heavy (non-hydrogen) atoms. The van der Waals surface area contributed by atoms with E-state index in [0.29, 0.717) is 60.3 Å². The molecule has 1 N–H and O–H groups in total. The number of nitriles is 1. The summed E-state index contributed by atoms with van der Waals surface area (Å²) in [6.07, 6.45) is 6.47. The third kappa shape index (κ3) is 9.28. The summed E-state index contributed by atoms with van der Waals surface area (Å²) < 4.78 is 30.6. The van der Waals surface area contributed by atoms with Gasteiger partial charge in [-0.2, -0.15) is 5.26 Å². The molecule has 0 unspecified atom stereocenters. The smallest absolute Gasteiger partial charge is 0.320 e. The van der Waals surface area contributed by atoms with Crippen LogP contribution in [0, 0.1) is 25.2 Å². The predicted octanol–water partition coefficient (Wildman–Crippen LogP) is 7.36. The third-order valence-corrected chi connectivity index (χ3v) is 11.4. The lowest BCUT2D eigenvalue weighted by Crippen LogP contribution is -2.59. The van der Waals surface area contributed by atoms with Gasteiger partial charge in [-0.3, -0.25) is 19.6 Å². The molecule has 3 aliphatic heterocycles. The summed E-state index contributed by atoms with van der Waals surface area (Å²) in [5.74, 6) is 1.03. The molecule has 3 aromatic carbocycles. The van der Waals surface area contributed by atoms with Crippen LogP contribution in [0.2, 0.25) is 5.02 Å². The summed E-state index contributed by atoms with van der Waals surface area (Å²) in [5, 5.41) is 19.7. The molecule has 12 heteroatoms. The molecule has 1 aromatic heterocycles. The molecule has 7 rings (SSSR count). The van der Waals surface area contributed by atoms with E-state index in [-0.39, 0.29) is 13.2 Å². The fourth-order valence-corrected chi connectivity index (χ4v) is 8.25. The molecular formula is C44H49ClN4O7. The number of ether oxygens (including phenoxy) is 5. The van der Waals surface area contributed by atoms with Crippen molar-refractivity contribution in [1.82, 2.24) is 14.8 Å². The number of likely N-dealkylation sites (tertiary alicyclic amines) is 1. The molecule has 0 saturated carbocycles. The number of benzene rings is 3. The first-order valence-electron chi connectivity index (χ1n) is 19.4. The van der Waals surface area contributed by atoms with Crippen LogP contribution in [-0.4, -0.2) is 90.1 Å². The van der Waals surface area contributed by atoms with Crippen LogP contribution >= 0.6 is 11.6 Å². The lowest BCUT2D eigenvalue weighted by molar-refractivity contribution is -0.144. The molecule has 3 aliphatic rings. The zero-order valence-electron chi connectivity index (χ0n) is 32.0. The number of nitrogens with zero attached hydrogens (tertiary/aromatic N) is 4. The zero-order chi connectivity index (χ0) is 39.0. The highest BCUT2D eigenvalue weighted by Crippen LogP contribution is 2.37. The van der Waals surface area contributed by atoms with Gasteiger partial charge in [-0.05, 0) is 85.7 Å². The number of pyridine rings is 1. The number of hydrogen-bond acceptors (Lipinski definition) is 10. The largest absolute Gasteiger partial charge is 0.493 e. The lowest BCUT2D eigenvalue weighted by atomic mass is 9.93. The van der Waals surface area contributed by atoms with E-state index in [1.807, 2.05) is 29.2 Å². The molecule has 3 fully saturated rings. The van der Waals surface area contributed by atoms with Crippen molar-refractivity contribution < 1.29 is 33.6 Å². The number of morpholine rings is 2. The van der Waals surface area contributed by atoms with E-state index < -0.39 is 12.0 Å². The van der Waals surface area contributed by atoms with Crippen molar-refractivity contribution >= 4 is 17.6 Å². The van der Waals surface area contributed by atoms with Crippen molar-refractivity contribution in [2.75, 3.05) is 46.1 Å². The fourth-order valence-electron chi connectivity index (χ4n) is 8.01. The van der Waals surface area contributed by atoms with E-state index in [9.17, 15) is 15.2 Å². The Morgan fingerprint density at radius 2 is 1.62 bits per heavy atom. The number of piperidine rings is 1. The predicted molar refractivity (Wildman–Crippen MR) is 212 cm³/mol. The number of carboxylic acid groups (broad SMARTS) is 1. The number of aromatic nitrogens is 1. The Hall–Kier alpha value is -4.70. The molecule has 4 aromatic rings. The monoisotopic (exact) mass is 780 g/mol. The molecule has 0 spiro atoms. The van der Waals surface area contributed by atoms with E-state index in [1.165, 1.54) is 6.20 Å². The van der Waals surface area contributed by atoms with Crippen LogP contribution in [0.15, 0.2) is 67.0 Å². The highest BCUT2D eigenvalue weighted by molar-refractivity contribution is 6.32. The summed E-state index contributed by atoms with van der Waals surface area (Å²) in [5.41, 5.74) is 7.32. The minimum atomic E-state index is -0.831. The second-order valence-corrected chi connectivity index (χ2v) is 15.2. The first-order valence-corrected chi connectivity index (χ1v) is 19.8. The molecule has 0 aliphatic carbocycles. The quantitative estimate of drug-likeness (QED) is 0.122. The molecule has 4 heterocycles. The Balaban J connectivity index is 1.05. The molecule has 294 valence electrons. The van der Waals surface area contributed by atoms with Crippen molar-refractivity contribution in [2.24, 2.45) is 0 Å². The van der Waals surface area contributed by atoms with Gasteiger partial charge >= 0.3 is 5.97 Å². The Morgan fingerprint density at radius 1 is 0.893 bits per heavy atom. The Labute approximate surface area is 333 Å². The van der Waals surface area contributed by atoms with Gasteiger partial charge in [0.2, 0.25) is 0 Å². The maximum atomic E-state index is 12.1. The number of aliphatic carboxylic acids is 1. The van der Waals surface area contributed by atoms with Gasteiger partial charge in [0.25, 0.3) is 0 Å². The second kappa shape index (κ2) is 18.5. The van der Waals surface area contributed by atoms with Gasteiger partial charge in [-0.1, -0.05) is 48.4 Å². The van der Waals surface area contributed by atoms with E-state index in [2.05, 4.69) is 48.0 Å². The van der Waals surface area contributed by atoms with Crippen LogP contribution in [0.5, 0.6) is 17.2 Å². The molecule has 2 bridgehead atoms. The van der Waals surface area contributed by atoms with Crippen molar-refractivity contribution in [1.29, 1.82) is 5.26 Å². The highest BCUT2D eigenvalue weighted by atomic mass is 35.5. The maximum Gasteiger partial charge on any atom is 0.320 e. The van der Waals surface area contributed by atoms with Crippen molar-refractivity contribution in [3.63, 3.8) is 0 Å². The first-order chi connectivity index (χ1) is 27.3. The number of fused-ring (bicyclic) bond motifs is 2. The summed E-state index contributed by atoms with van der Waals surface area (Å²) in [7, 11) is 0. The van der Waals surface area contributed by atoms with Crippen molar-refractivity contribution in [3.8, 4) is 34.4 Å². The van der Waals surface area contributed by atoms with Gasteiger partial charge in [0.1, 0.15) is 42.6 Å². The zero-order valence-corrected chi connectivity index (χ0v) is 32.8. The number of rotatable bonds is 15. The van der Waals surface area contributed by atoms with Crippen molar-refractivity contribution in [3.05, 3.63) is 105 Å². The summed E-state index contributed by atoms with van der Waals surface area (Å²) in [6, 6.07) is 19.9. The van der Waals surface area contributed by atoms with E-state index in [0.717, 1.165) is 96.9 Å². The van der Waals surface area contributed by atoms with E-state index in [4.69, 9.17) is 35.3 Å². The average Bonchev–Trinajstić information content (AvgIpc) is 3.20. The summed E-state index contributed by atoms with van der Waals surface area (Å²) >= 11 is 6.88. The molecule has 0 amide bonds. The van der Waals surface area contributed by atoms with Crippen LogP contribution in [0.25, 0.3) is 11.1 Å². The van der Waals surface area contributed by atoms with Crippen LogP contribution < -0.4 is 14.2 Å². The Bertz CT molecular complexity index is 2030. The number of carboxylic acids is 1. The van der Waals surface area contributed by atoms with Crippen LogP contribution in [0.1, 0.15) is 59.1 Å². The van der Waals surface area contributed by atoms with Gasteiger partial charge < -0.3 is 28.8 Å².